The number of aromatic nitrogens is 2. The van der Waals surface area contributed by atoms with Gasteiger partial charge in [0.15, 0.2) is 5.13 Å². The minimum Gasteiger partial charge on any atom is -0.497 e. The molecule has 0 fully saturated rings. The predicted octanol–water partition coefficient (Wildman–Crippen LogP) is 4.91. The van der Waals surface area contributed by atoms with Gasteiger partial charge in [0.05, 0.1) is 19.9 Å². The molecule has 3 rings (SSSR count). The minimum absolute atomic E-state index is 0.255. The monoisotopic (exact) mass is 399 g/mol. The number of thiazole rings is 1. The van der Waals surface area contributed by atoms with E-state index >= 15 is 0 Å². The van der Waals surface area contributed by atoms with Crippen molar-refractivity contribution < 1.29 is 14.3 Å². The first-order chi connectivity index (χ1) is 13.5. The molecule has 148 valence electrons. The number of carbonyl (C=O) groups excluding carboxylic acids is 1. The fourth-order valence-corrected chi connectivity index (χ4v) is 3.90. The number of carbonyl (C=O) groups is 1. The largest absolute Gasteiger partial charge is 0.497 e. The molecule has 1 aromatic carbocycles. The molecule has 0 aliphatic carbocycles. The van der Waals surface area contributed by atoms with Crippen LogP contribution in [0.3, 0.4) is 0 Å². The first kappa shape index (κ1) is 19.9. The minimum atomic E-state index is -0.255. The number of hydrogen-bond acceptors (Lipinski definition) is 5. The Balaban J connectivity index is 1.82. The molecule has 0 aliphatic rings. The van der Waals surface area contributed by atoms with Crippen LogP contribution in [0, 0.1) is 13.8 Å². The van der Waals surface area contributed by atoms with Crippen molar-refractivity contribution in [2.45, 2.75) is 33.7 Å². The lowest BCUT2D eigenvalue weighted by Crippen LogP contribution is -2.12. The van der Waals surface area contributed by atoms with Crippen LogP contribution in [0.4, 0.5) is 5.13 Å². The quantitative estimate of drug-likeness (QED) is 0.613. The Bertz CT molecular complexity index is 969. The summed E-state index contributed by atoms with van der Waals surface area (Å²) in [6.07, 6.45) is 1.08. The van der Waals surface area contributed by atoms with E-state index in [0.29, 0.717) is 22.2 Å². The molecule has 0 bridgehead atoms. The highest BCUT2D eigenvalue weighted by molar-refractivity contribution is 7.14. The van der Waals surface area contributed by atoms with Gasteiger partial charge in [0.1, 0.15) is 11.5 Å². The summed E-state index contributed by atoms with van der Waals surface area (Å²) in [4.78, 5) is 17.3. The van der Waals surface area contributed by atoms with Crippen LogP contribution in [0.15, 0.2) is 29.6 Å². The van der Waals surface area contributed by atoms with Gasteiger partial charge in [-0.2, -0.15) is 0 Å². The molecule has 0 aliphatic heterocycles. The van der Waals surface area contributed by atoms with Gasteiger partial charge in [0.2, 0.25) is 0 Å². The Labute approximate surface area is 169 Å². The molecule has 0 spiro atoms. The number of anilines is 1. The summed E-state index contributed by atoms with van der Waals surface area (Å²) in [7, 11) is 3.11. The van der Waals surface area contributed by atoms with Crippen LogP contribution in [0.25, 0.3) is 11.3 Å². The smallest absolute Gasteiger partial charge is 0.257 e. The van der Waals surface area contributed by atoms with Crippen LogP contribution in [0.1, 0.15) is 35.1 Å². The molecule has 7 heteroatoms. The molecule has 2 heterocycles. The number of methoxy groups -OCH3 is 2. The highest BCUT2D eigenvalue weighted by atomic mass is 32.1. The Morgan fingerprint density at radius 3 is 2.43 bits per heavy atom. The summed E-state index contributed by atoms with van der Waals surface area (Å²) in [5, 5.41) is 5.40. The molecule has 0 atom stereocenters. The van der Waals surface area contributed by atoms with Gasteiger partial charge in [-0.05, 0) is 38.5 Å². The van der Waals surface area contributed by atoms with Crippen molar-refractivity contribution in [3.63, 3.8) is 0 Å². The maximum Gasteiger partial charge on any atom is 0.257 e. The number of aryl methyl sites for hydroxylation is 1. The highest BCUT2D eigenvalue weighted by Crippen LogP contribution is 2.30. The molecule has 0 unspecified atom stereocenters. The normalized spacial score (nSPS) is 10.8. The summed E-state index contributed by atoms with van der Waals surface area (Å²) in [5.74, 6) is 0.870. The number of ether oxygens (including phenoxy) is 2. The summed E-state index contributed by atoms with van der Waals surface area (Å²) in [6.45, 7) is 7.38. The second kappa shape index (κ2) is 8.48. The maximum absolute atomic E-state index is 12.6. The van der Waals surface area contributed by atoms with E-state index in [0.717, 1.165) is 24.2 Å². The molecule has 0 saturated carbocycles. The molecule has 0 radical (unpaired) electrons. The average Bonchev–Trinajstić information content (AvgIpc) is 3.27. The molecule has 28 heavy (non-hydrogen) atoms. The number of amides is 1. The van der Waals surface area contributed by atoms with Gasteiger partial charge in [-0.25, -0.2) is 4.98 Å². The summed E-state index contributed by atoms with van der Waals surface area (Å²) in [6, 6.07) is 7.22. The van der Waals surface area contributed by atoms with E-state index in [2.05, 4.69) is 41.7 Å². The third-order valence-corrected chi connectivity index (χ3v) is 5.39. The first-order valence-corrected chi connectivity index (χ1v) is 10.0. The van der Waals surface area contributed by atoms with Gasteiger partial charge in [-0.1, -0.05) is 6.92 Å². The molecule has 0 saturated heterocycles. The van der Waals surface area contributed by atoms with Gasteiger partial charge in [0.25, 0.3) is 5.91 Å². The van der Waals surface area contributed by atoms with Gasteiger partial charge < -0.3 is 14.0 Å². The Morgan fingerprint density at radius 1 is 1.14 bits per heavy atom. The third-order valence-electron chi connectivity index (χ3n) is 4.64. The van der Waals surface area contributed by atoms with Crippen LogP contribution in [0.5, 0.6) is 11.5 Å². The number of nitrogens with zero attached hydrogens (tertiary/aromatic N) is 2. The van der Waals surface area contributed by atoms with Crippen molar-refractivity contribution in [1.29, 1.82) is 0 Å². The lowest BCUT2D eigenvalue weighted by atomic mass is 10.2. The zero-order valence-electron chi connectivity index (χ0n) is 16.8. The van der Waals surface area contributed by atoms with Crippen molar-refractivity contribution in [2.24, 2.45) is 0 Å². The number of benzene rings is 1. The van der Waals surface area contributed by atoms with Crippen molar-refractivity contribution in [3.05, 3.63) is 46.6 Å². The Hall–Kier alpha value is -2.80. The van der Waals surface area contributed by atoms with Crippen LogP contribution < -0.4 is 14.8 Å². The predicted molar refractivity (Wildman–Crippen MR) is 113 cm³/mol. The van der Waals surface area contributed by atoms with Crippen molar-refractivity contribution in [2.75, 3.05) is 19.5 Å². The second-order valence-electron chi connectivity index (χ2n) is 6.53. The first-order valence-electron chi connectivity index (χ1n) is 9.13. The number of rotatable bonds is 7. The Morgan fingerprint density at radius 2 is 1.82 bits per heavy atom. The fraction of sp³-hybridized carbons (Fsp3) is 0.333. The van der Waals surface area contributed by atoms with Gasteiger partial charge >= 0.3 is 0 Å². The van der Waals surface area contributed by atoms with Gasteiger partial charge in [0, 0.05) is 40.5 Å². The van der Waals surface area contributed by atoms with E-state index in [9.17, 15) is 4.79 Å². The standard InChI is InChI=1S/C21H25N3O3S/c1-6-7-24-13(2)8-18(14(24)3)19-12-28-21(22-19)23-20(25)15-9-16(26-4)11-17(10-15)27-5/h8-12H,6-7H2,1-5H3,(H,22,23,25). The molecular formula is C21H25N3O3S. The SMILES string of the molecule is CCCn1c(C)cc(-c2csc(NC(=O)c3cc(OC)cc(OC)c3)n2)c1C. The molecule has 1 amide bonds. The molecule has 2 aromatic heterocycles. The molecule has 3 aromatic rings. The number of hydrogen-bond donors (Lipinski definition) is 1. The summed E-state index contributed by atoms with van der Waals surface area (Å²) < 4.78 is 12.8. The summed E-state index contributed by atoms with van der Waals surface area (Å²) >= 11 is 1.41. The molecule has 1 N–H and O–H groups in total. The molecular weight excluding hydrogens is 374 g/mol. The lowest BCUT2D eigenvalue weighted by Gasteiger charge is -2.08. The lowest BCUT2D eigenvalue weighted by molar-refractivity contribution is 0.102. The second-order valence-corrected chi connectivity index (χ2v) is 7.39. The van der Waals surface area contributed by atoms with E-state index in [4.69, 9.17) is 9.47 Å². The summed E-state index contributed by atoms with van der Waals surface area (Å²) in [5.41, 5.74) is 4.84. The third kappa shape index (κ3) is 4.04. The van der Waals surface area contributed by atoms with Gasteiger partial charge in [-0.3, -0.25) is 10.1 Å². The van der Waals surface area contributed by atoms with E-state index in [1.807, 2.05) is 5.38 Å². The molecule has 6 nitrogen and oxygen atoms in total. The van der Waals surface area contributed by atoms with Crippen LogP contribution in [0.2, 0.25) is 0 Å². The number of nitrogens with one attached hydrogen (secondary N) is 1. The van der Waals surface area contributed by atoms with Crippen molar-refractivity contribution in [3.8, 4) is 22.8 Å². The average molecular weight is 400 g/mol. The zero-order chi connectivity index (χ0) is 20.3. The van der Waals surface area contributed by atoms with E-state index < -0.39 is 0 Å². The van der Waals surface area contributed by atoms with E-state index in [-0.39, 0.29) is 5.91 Å². The topological polar surface area (TPSA) is 65.4 Å². The zero-order valence-corrected chi connectivity index (χ0v) is 17.6. The highest BCUT2D eigenvalue weighted by Gasteiger charge is 2.16. The maximum atomic E-state index is 12.6. The van der Waals surface area contributed by atoms with Gasteiger partial charge in [-0.15, -0.1) is 11.3 Å². The van der Waals surface area contributed by atoms with E-state index in [1.54, 1.807) is 32.4 Å². The van der Waals surface area contributed by atoms with Crippen LogP contribution in [-0.4, -0.2) is 29.7 Å². The van der Waals surface area contributed by atoms with Crippen molar-refractivity contribution in [1.82, 2.24) is 9.55 Å². The van der Waals surface area contributed by atoms with Crippen molar-refractivity contribution >= 4 is 22.4 Å². The Kier molecular flexibility index (Phi) is 6.04. The van der Waals surface area contributed by atoms with Crippen LogP contribution >= 0.6 is 11.3 Å². The van der Waals surface area contributed by atoms with Crippen LogP contribution in [-0.2, 0) is 6.54 Å². The van der Waals surface area contributed by atoms with E-state index in [1.165, 1.54) is 22.7 Å². The fourth-order valence-electron chi connectivity index (χ4n) is 3.19.